The van der Waals surface area contributed by atoms with Crippen LogP contribution in [0.1, 0.15) is 46.1 Å². The highest BCUT2D eigenvalue weighted by molar-refractivity contribution is 6.06. The Morgan fingerprint density at radius 1 is 1.19 bits per heavy atom. The quantitative estimate of drug-likeness (QED) is 0.606. The Labute approximate surface area is 188 Å². The molecule has 1 atom stereocenters. The van der Waals surface area contributed by atoms with Gasteiger partial charge in [0.15, 0.2) is 6.10 Å². The van der Waals surface area contributed by atoms with Gasteiger partial charge in [-0.05, 0) is 45.0 Å². The van der Waals surface area contributed by atoms with Crippen LogP contribution in [0, 0.1) is 13.8 Å². The van der Waals surface area contributed by atoms with E-state index >= 15 is 0 Å². The number of fused-ring (bicyclic) bond motifs is 2. The van der Waals surface area contributed by atoms with Crippen LogP contribution >= 0.6 is 0 Å². The van der Waals surface area contributed by atoms with Crippen molar-refractivity contribution < 1.29 is 14.3 Å². The molecular formula is C26H29N3O3. The number of nitrogens with zero attached hydrogens (tertiary/aromatic N) is 2. The molecule has 1 amide bonds. The average Bonchev–Trinajstić information content (AvgIpc) is 2.77. The van der Waals surface area contributed by atoms with E-state index < -0.39 is 12.1 Å². The Kier molecular flexibility index (Phi) is 6.24. The minimum atomic E-state index is -0.882. The first-order valence-corrected chi connectivity index (χ1v) is 11.1. The summed E-state index contributed by atoms with van der Waals surface area (Å²) in [6.45, 7) is 7.31. The fourth-order valence-electron chi connectivity index (χ4n) is 4.24. The number of anilines is 1. The summed E-state index contributed by atoms with van der Waals surface area (Å²) < 4.78 is 5.80. The molecule has 6 heteroatoms. The van der Waals surface area contributed by atoms with Gasteiger partial charge in [-0.15, -0.1) is 0 Å². The second-order valence-electron chi connectivity index (χ2n) is 8.53. The Hall–Kier alpha value is -3.25. The van der Waals surface area contributed by atoms with E-state index in [2.05, 4.69) is 10.2 Å². The van der Waals surface area contributed by atoms with Crippen LogP contribution in [0.4, 0.5) is 5.69 Å². The first-order valence-electron chi connectivity index (χ1n) is 11.1. The SMILES string of the molecule is CCC(OC(=O)c1c2c(nc3ccccc13)CCN(C)C2)C(=O)Nc1ccc(C)cc1C. The molecule has 2 aromatic carbocycles. The molecule has 2 heterocycles. The number of benzene rings is 2. The van der Waals surface area contributed by atoms with Gasteiger partial charge in [-0.1, -0.05) is 42.8 Å². The molecule has 0 spiro atoms. The largest absolute Gasteiger partial charge is 0.449 e. The number of esters is 1. The van der Waals surface area contributed by atoms with Crippen LogP contribution < -0.4 is 5.32 Å². The molecule has 1 aliphatic rings. The number of ether oxygens (including phenoxy) is 1. The highest BCUT2D eigenvalue weighted by Gasteiger charge is 2.29. The Morgan fingerprint density at radius 3 is 2.72 bits per heavy atom. The minimum absolute atomic E-state index is 0.322. The lowest BCUT2D eigenvalue weighted by atomic mass is 9.96. The van der Waals surface area contributed by atoms with E-state index in [1.807, 2.05) is 70.3 Å². The monoisotopic (exact) mass is 431 g/mol. The van der Waals surface area contributed by atoms with Gasteiger partial charge in [0.1, 0.15) is 0 Å². The molecule has 6 nitrogen and oxygen atoms in total. The molecule has 0 saturated carbocycles. The number of aromatic nitrogens is 1. The molecule has 0 saturated heterocycles. The lowest BCUT2D eigenvalue weighted by Crippen LogP contribution is -2.34. The summed E-state index contributed by atoms with van der Waals surface area (Å²) in [5.41, 5.74) is 5.94. The molecule has 0 aliphatic carbocycles. The highest BCUT2D eigenvalue weighted by Crippen LogP contribution is 2.29. The number of likely N-dealkylation sites (N-methyl/N-ethyl adjacent to an activating group) is 1. The molecule has 0 fully saturated rings. The molecule has 1 aromatic heterocycles. The van der Waals surface area contributed by atoms with Crippen LogP contribution in [0.3, 0.4) is 0 Å². The Morgan fingerprint density at radius 2 is 1.97 bits per heavy atom. The van der Waals surface area contributed by atoms with Crippen LogP contribution in [-0.4, -0.2) is 41.5 Å². The topological polar surface area (TPSA) is 71.5 Å². The number of carbonyl (C=O) groups is 2. The van der Waals surface area contributed by atoms with Crippen LogP contribution in [0.25, 0.3) is 10.9 Å². The summed E-state index contributed by atoms with van der Waals surface area (Å²) in [5, 5.41) is 3.68. The fourth-order valence-corrected chi connectivity index (χ4v) is 4.24. The second-order valence-corrected chi connectivity index (χ2v) is 8.53. The van der Waals surface area contributed by atoms with Gasteiger partial charge >= 0.3 is 5.97 Å². The van der Waals surface area contributed by atoms with Crippen molar-refractivity contribution in [1.29, 1.82) is 0 Å². The van der Waals surface area contributed by atoms with Crippen LogP contribution in [-0.2, 0) is 22.5 Å². The fraction of sp³-hybridized carbons (Fsp3) is 0.346. The first-order chi connectivity index (χ1) is 15.4. The van der Waals surface area contributed by atoms with Crippen molar-refractivity contribution in [3.05, 3.63) is 70.4 Å². The zero-order valence-corrected chi connectivity index (χ0v) is 19.1. The zero-order valence-electron chi connectivity index (χ0n) is 19.1. The number of para-hydroxylation sites is 1. The molecule has 3 aromatic rings. The van der Waals surface area contributed by atoms with Crippen molar-refractivity contribution in [2.24, 2.45) is 0 Å². The molecule has 4 rings (SSSR count). The van der Waals surface area contributed by atoms with E-state index in [4.69, 9.17) is 9.72 Å². The molecule has 0 bridgehead atoms. The van der Waals surface area contributed by atoms with Crippen molar-refractivity contribution in [2.75, 3.05) is 18.9 Å². The number of rotatable bonds is 5. The third kappa shape index (κ3) is 4.36. The number of aryl methyl sites for hydroxylation is 2. The molecule has 1 aliphatic heterocycles. The smallest absolute Gasteiger partial charge is 0.340 e. The molecule has 0 radical (unpaired) electrons. The summed E-state index contributed by atoms with van der Waals surface area (Å²) in [5.74, 6) is -0.796. The van der Waals surface area contributed by atoms with Gasteiger partial charge in [0.25, 0.3) is 5.91 Å². The van der Waals surface area contributed by atoms with Crippen molar-refractivity contribution >= 4 is 28.5 Å². The van der Waals surface area contributed by atoms with Crippen molar-refractivity contribution in [3.63, 3.8) is 0 Å². The van der Waals surface area contributed by atoms with Crippen molar-refractivity contribution in [1.82, 2.24) is 9.88 Å². The van der Waals surface area contributed by atoms with Gasteiger partial charge in [0.2, 0.25) is 0 Å². The van der Waals surface area contributed by atoms with Gasteiger partial charge in [-0.3, -0.25) is 9.78 Å². The predicted molar refractivity (Wildman–Crippen MR) is 126 cm³/mol. The second kappa shape index (κ2) is 9.09. The normalized spacial score (nSPS) is 14.6. The Balaban J connectivity index is 1.63. The number of hydrogen-bond acceptors (Lipinski definition) is 5. The molecular weight excluding hydrogens is 402 g/mol. The number of amides is 1. The van der Waals surface area contributed by atoms with Crippen LogP contribution in [0.5, 0.6) is 0 Å². The summed E-state index contributed by atoms with van der Waals surface area (Å²) in [7, 11) is 2.03. The minimum Gasteiger partial charge on any atom is -0.449 e. The van der Waals surface area contributed by atoms with E-state index in [0.29, 0.717) is 18.5 Å². The molecule has 32 heavy (non-hydrogen) atoms. The summed E-state index contributed by atoms with van der Waals surface area (Å²) in [6, 6.07) is 13.4. The van der Waals surface area contributed by atoms with Crippen LogP contribution in [0.2, 0.25) is 0 Å². The number of hydrogen-bond donors (Lipinski definition) is 1. The van der Waals surface area contributed by atoms with E-state index in [-0.39, 0.29) is 5.91 Å². The molecule has 166 valence electrons. The van der Waals surface area contributed by atoms with Gasteiger partial charge in [0.05, 0.1) is 11.1 Å². The number of nitrogens with one attached hydrogen (secondary N) is 1. The summed E-state index contributed by atoms with van der Waals surface area (Å²) in [6.07, 6.45) is 0.279. The lowest BCUT2D eigenvalue weighted by Gasteiger charge is -2.27. The van der Waals surface area contributed by atoms with Gasteiger partial charge in [-0.25, -0.2) is 4.79 Å². The molecule has 1 unspecified atom stereocenters. The van der Waals surface area contributed by atoms with E-state index in [1.165, 1.54) is 0 Å². The van der Waals surface area contributed by atoms with Crippen molar-refractivity contribution in [2.45, 2.75) is 46.3 Å². The number of carbonyl (C=O) groups excluding carboxylic acids is 2. The van der Waals surface area contributed by atoms with E-state index in [1.54, 1.807) is 0 Å². The summed E-state index contributed by atoms with van der Waals surface area (Å²) >= 11 is 0. The standard InChI is InChI=1S/C26H29N3O3/c1-5-23(25(30)28-20-11-10-16(2)14-17(20)3)32-26(31)24-18-8-6-7-9-21(18)27-22-12-13-29(4)15-19(22)24/h6-11,14,23H,5,12-13,15H2,1-4H3,(H,28,30). The first kappa shape index (κ1) is 22.0. The van der Waals surface area contributed by atoms with Gasteiger partial charge in [-0.2, -0.15) is 0 Å². The lowest BCUT2D eigenvalue weighted by molar-refractivity contribution is -0.124. The van der Waals surface area contributed by atoms with Gasteiger partial charge < -0.3 is 15.0 Å². The Bertz CT molecular complexity index is 1190. The zero-order chi connectivity index (χ0) is 22.8. The maximum Gasteiger partial charge on any atom is 0.340 e. The van der Waals surface area contributed by atoms with Gasteiger partial charge in [0, 0.05) is 41.8 Å². The van der Waals surface area contributed by atoms with Crippen LogP contribution in [0.15, 0.2) is 42.5 Å². The predicted octanol–water partition coefficient (Wildman–Crippen LogP) is 4.41. The van der Waals surface area contributed by atoms with Crippen molar-refractivity contribution in [3.8, 4) is 0 Å². The number of pyridine rings is 1. The summed E-state index contributed by atoms with van der Waals surface area (Å²) in [4.78, 5) is 33.3. The third-order valence-electron chi connectivity index (χ3n) is 5.99. The average molecular weight is 432 g/mol. The maximum absolute atomic E-state index is 13.4. The highest BCUT2D eigenvalue weighted by atomic mass is 16.5. The molecule has 1 N–H and O–H groups in total. The maximum atomic E-state index is 13.4. The van der Waals surface area contributed by atoms with E-state index in [9.17, 15) is 9.59 Å². The van der Waals surface area contributed by atoms with E-state index in [0.717, 1.165) is 51.9 Å². The third-order valence-corrected chi connectivity index (χ3v) is 5.99.